The summed E-state index contributed by atoms with van der Waals surface area (Å²) in [6, 6.07) is 2.74. The van der Waals surface area contributed by atoms with Crippen molar-refractivity contribution in [3.05, 3.63) is 33.8 Å². The van der Waals surface area contributed by atoms with Crippen LogP contribution in [0.1, 0.15) is 16.4 Å². The van der Waals surface area contributed by atoms with E-state index >= 15 is 0 Å². The molecule has 1 N–H and O–H groups in total. The molecule has 0 aliphatic carbocycles. The van der Waals surface area contributed by atoms with E-state index < -0.39 is 10.9 Å². The molecule has 0 amide bonds. The number of carboxylic acids is 1. The molecule has 0 aliphatic heterocycles. The molecular formula is C10H9N3O5S. The van der Waals surface area contributed by atoms with Gasteiger partial charge in [-0.05, 0) is 33.8 Å². The van der Waals surface area contributed by atoms with Crippen molar-refractivity contribution in [1.29, 1.82) is 0 Å². The Labute approximate surface area is 111 Å². The molecule has 2 heterocycles. The van der Waals surface area contributed by atoms with E-state index in [2.05, 4.69) is 4.98 Å². The molecule has 2 rings (SSSR count). The minimum atomic E-state index is -1.19. The van der Waals surface area contributed by atoms with Crippen LogP contribution in [0.5, 0.6) is 0 Å². The first-order valence-electron chi connectivity index (χ1n) is 5.09. The van der Waals surface area contributed by atoms with Crippen LogP contribution in [0.3, 0.4) is 0 Å². The van der Waals surface area contributed by atoms with Crippen molar-refractivity contribution in [3.8, 4) is 0 Å². The van der Waals surface area contributed by atoms with Gasteiger partial charge in [-0.3, -0.25) is 4.57 Å². The highest BCUT2D eigenvalue weighted by atomic mass is 32.2. The second-order valence-electron chi connectivity index (χ2n) is 3.63. The van der Waals surface area contributed by atoms with E-state index in [0.717, 1.165) is 11.8 Å². The van der Waals surface area contributed by atoms with Crippen LogP contribution in [0.4, 0.5) is 5.82 Å². The molecule has 8 nitrogen and oxygen atoms in total. The standard InChI is InChI=1S/C10H9N3O5S/c1-5-11-8(13(16)17)9(12(5)2)19-7-4-3-6(18-7)10(14)15/h3-4H,1-2H3,(H,14,15). The van der Waals surface area contributed by atoms with E-state index in [0.29, 0.717) is 5.82 Å². The maximum Gasteiger partial charge on any atom is 0.396 e. The average Bonchev–Trinajstić information content (AvgIpc) is 2.89. The van der Waals surface area contributed by atoms with E-state index in [1.807, 2.05) is 0 Å². The van der Waals surface area contributed by atoms with Gasteiger partial charge in [0.25, 0.3) is 0 Å². The minimum Gasteiger partial charge on any atom is -0.475 e. The number of carboxylic acid groups (broad SMARTS) is 1. The van der Waals surface area contributed by atoms with E-state index in [4.69, 9.17) is 9.52 Å². The van der Waals surface area contributed by atoms with Crippen LogP contribution >= 0.6 is 11.8 Å². The Morgan fingerprint density at radius 3 is 2.79 bits per heavy atom. The molecule has 0 radical (unpaired) electrons. The number of hydrogen-bond donors (Lipinski definition) is 1. The van der Waals surface area contributed by atoms with Crippen LogP contribution in [0, 0.1) is 17.0 Å². The summed E-state index contributed by atoms with van der Waals surface area (Å²) < 4.78 is 6.60. The molecule has 2 aromatic heterocycles. The van der Waals surface area contributed by atoms with E-state index in [1.165, 1.54) is 12.1 Å². The summed E-state index contributed by atoms with van der Waals surface area (Å²) in [5.41, 5.74) is 0. The summed E-state index contributed by atoms with van der Waals surface area (Å²) >= 11 is 0.957. The van der Waals surface area contributed by atoms with Crippen LogP contribution in [-0.4, -0.2) is 25.6 Å². The third kappa shape index (κ3) is 2.45. The summed E-state index contributed by atoms with van der Waals surface area (Å²) in [6.45, 7) is 1.64. The normalized spacial score (nSPS) is 10.6. The number of nitro groups is 1. The van der Waals surface area contributed by atoms with Crippen LogP contribution < -0.4 is 0 Å². The Bertz CT molecular complexity index is 660. The van der Waals surface area contributed by atoms with Crippen molar-refractivity contribution in [2.45, 2.75) is 17.0 Å². The van der Waals surface area contributed by atoms with Crippen LogP contribution in [0.25, 0.3) is 0 Å². The number of furan rings is 1. The lowest BCUT2D eigenvalue weighted by atomic mass is 10.5. The SMILES string of the molecule is Cc1nc([N+](=O)[O-])c(Sc2ccc(C(=O)O)o2)n1C. The zero-order valence-electron chi connectivity index (χ0n) is 9.98. The molecule has 9 heteroatoms. The molecule has 0 bridgehead atoms. The molecule has 19 heavy (non-hydrogen) atoms. The topological polar surface area (TPSA) is 111 Å². The Morgan fingerprint density at radius 1 is 1.58 bits per heavy atom. The molecule has 0 aromatic carbocycles. The highest BCUT2D eigenvalue weighted by Gasteiger charge is 2.25. The van der Waals surface area contributed by atoms with Gasteiger partial charge in [-0.1, -0.05) is 0 Å². The molecule has 0 atom stereocenters. The largest absolute Gasteiger partial charge is 0.475 e. The van der Waals surface area contributed by atoms with Crippen molar-refractivity contribution in [1.82, 2.24) is 9.55 Å². The molecule has 0 aliphatic rings. The van der Waals surface area contributed by atoms with Crippen molar-refractivity contribution in [3.63, 3.8) is 0 Å². The van der Waals surface area contributed by atoms with E-state index in [1.54, 1.807) is 18.5 Å². The zero-order valence-corrected chi connectivity index (χ0v) is 10.8. The summed E-state index contributed by atoms with van der Waals surface area (Å²) in [6.07, 6.45) is 0. The fourth-order valence-corrected chi connectivity index (χ4v) is 2.33. The van der Waals surface area contributed by atoms with Gasteiger partial charge in [0.1, 0.15) is 0 Å². The molecule has 0 saturated heterocycles. The smallest absolute Gasteiger partial charge is 0.396 e. The predicted molar refractivity (Wildman–Crippen MR) is 64.4 cm³/mol. The maximum atomic E-state index is 10.9. The van der Waals surface area contributed by atoms with Gasteiger partial charge in [0.05, 0.1) is 0 Å². The molecule has 100 valence electrons. The number of rotatable bonds is 4. The number of carbonyl (C=O) groups is 1. The van der Waals surface area contributed by atoms with Crippen molar-refractivity contribution in [2.75, 3.05) is 0 Å². The maximum absolute atomic E-state index is 10.9. The molecule has 2 aromatic rings. The number of imidazole rings is 1. The summed E-state index contributed by atoms with van der Waals surface area (Å²) in [7, 11) is 1.64. The highest BCUT2D eigenvalue weighted by molar-refractivity contribution is 7.99. The van der Waals surface area contributed by atoms with Gasteiger partial charge in [0, 0.05) is 14.0 Å². The van der Waals surface area contributed by atoms with Crippen LogP contribution in [0.15, 0.2) is 26.7 Å². The number of aromatic nitrogens is 2. The molecular weight excluding hydrogens is 274 g/mol. The van der Waals surface area contributed by atoms with Gasteiger partial charge < -0.3 is 19.6 Å². The number of hydrogen-bond acceptors (Lipinski definition) is 6. The van der Waals surface area contributed by atoms with Crippen molar-refractivity contribution in [2.24, 2.45) is 7.05 Å². The van der Waals surface area contributed by atoms with Gasteiger partial charge in [-0.25, -0.2) is 4.79 Å². The van der Waals surface area contributed by atoms with Crippen LogP contribution in [0.2, 0.25) is 0 Å². The molecule has 0 spiro atoms. The van der Waals surface area contributed by atoms with Gasteiger partial charge >= 0.3 is 11.8 Å². The van der Waals surface area contributed by atoms with Gasteiger partial charge in [0.15, 0.2) is 10.1 Å². The molecule has 0 saturated carbocycles. The lowest BCUT2D eigenvalue weighted by Crippen LogP contribution is -1.94. The first-order chi connectivity index (χ1) is 8.90. The quantitative estimate of drug-likeness (QED) is 0.675. The third-order valence-electron chi connectivity index (χ3n) is 2.41. The predicted octanol–water partition coefficient (Wildman–Crippen LogP) is 2.08. The average molecular weight is 283 g/mol. The minimum absolute atomic E-state index is 0.218. The van der Waals surface area contributed by atoms with E-state index in [9.17, 15) is 14.9 Å². The Morgan fingerprint density at radius 2 is 2.26 bits per heavy atom. The van der Waals surface area contributed by atoms with Crippen molar-refractivity contribution < 1.29 is 19.2 Å². The summed E-state index contributed by atoms with van der Waals surface area (Å²) in [5, 5.41) is 20.2. The number of nitrogens with zero attached hydrogens (tertiary/aromatic N) is 3. The fraction of sp³-hybridized carbons (Fsp3) is 0.200. The first-order valence-corrected chi connectivity index (χ1v) is 5.90. The fourth-order valence-electron chi connectivity index (χ4n) is 1.39. The monoisotopic (exact) mass is 283 g/mol. The summed E-state index contributed by atoms with van der Waals surface area (Å²) in [4.78, 5) is 24.8. The van der Waals surface area contributed by atoms with Gasteiger partial charge in [-0.2, -0.15) is 0 Å². The second kappa shape index (κ2) is 4.76. The Hall–Kier alpha value is -2.29. The third-order valence-corrected chi connectivity index (χ3v) is 3.48. The van der Waals surface area contributed by atoms with E-state index in [-0.39, 0.29) is 21.7 Å². The van der Waals surface area contributed by atoms with Crippen molar-refractivity contribution >= 4 is 23.5 Å². The first kappa shape index (κ1) is 13.1. The number of aromatic carboxylic acids is 1. The Balaban J connectivity index is 2.37. The second-order valence-corrected chi connectivity index (χ2v) is 4.62. The molecule has 0 fully saturated rings. The molecule has 0 unspecified atom stereocenters. The zero-order chi connectivity index (χ0) is 14.2. The lowest BCUT2D eigenvalue weighted by Gasteiger charge is -1.99. The van der Waals surface area contributed by atoms with Gasteiger partial charge in [0.2, 0.25) is 11.6 Å². The van der Waals surface area contributed by atoms with Crippen LogP contribution in [-0.2, 0) is 7.05 Å². The lowest BCUT2D eigenvalue weighted by molar-refractivity contribution is -0.392. The summed E-state index contributed by atoms with van der Waals surface area (Å²) in [5.74, 6) is -1.20. The Kier molecular flexibility index (Phi) is 3.30. The number of aryl methyl sites for hydroxylation is 1. The highest BCUT2D eigenvalue weighted by Crippen LogP contribution is 2.35. The van der Waals surface area contributed by atoms with Gasteiger partial charge in [-0.15, -0.1) is 0 Å².